The van der Waals surface area contributed by atoms with E-state index in [0.29, 0.717) is 16.9 Å². The highest BCUT2D eigenvalue weighted by Gasteiger charge is 2.39. The lowest BCUT2D eigenvalue weighted by Crippen LogP contribution is -2.52. The Labute approximate surface area is 158 Å². The molecule has 0 bridgehead atoms. The molecule has 26 heavy (non-hydrogen) atoms. The van der Waals surface area contributed by atoms with Crippen LogP contribution in [0, 0.1) is 11.7 Å². The van der Waals surface area contributed by atoms with Crippen LogP contribution in [0.15, 0.2) is 29.2 Å². The second-order valence-electron chi connectivity index (χ2n) is 7.09. The first kappa shape index (κ1) is 19.0. The summed E-state index contributed by atoms with van der Waals surface area (Å²) in [5, 5.41) is 6.31. The lowest BCUT2D eigenvalue weighted by molar-refractivity contribution is -0.127. The maximum atomic E-state index is 13.8. The van der Waals surface area contributed by atoms with Crippen molar-refractivity contribution in [1.29, 1.82) is 0 Å². The molecule has 2 fully saturated rings. The number of fused-ring (bicyclic) bond motifs is 1. The standard InChI is InChI=1S/C20H25FN2O2S/c1-3-12(2)22-19(24)14-8-9-17-16(10-14)23-20(25)18(26-17)11-13-6-4-5-7-15(13)21/h4-7,11-12,14,16-17H,3,8-10H2,1-2H3,(H,22,24)(H,23,25)/b18-11+. The zero-order valence-electron chi connectivity index (χ0n) is 15.1. The van der Waals surface area contributed by atoms with Gasteiger partial charge in [-0.2, -0.15) is 0 Å². The molecule has 4 nitrogen and oxygen atoms in total. The lowest BCUT2D eigenvalue weighted by atomic mass is 9.84. The predicted molar refractivity (Wildman–Crippen MR) is 103 cm³/mol. The molecule has 1 saturated heterocycles. The molecule has 1 saturated carbocycles. The van der Waals surface area contributed by atoms with E-state index >= 15 is 0 Å². The summed E-state index contributed by atoms with van der Waals surface area (Å²) in [5.74, 6) is -0.476. The number of thioether (sulfide) groups is 1. The summed E-state index contributed by atoms with van der Waals surface area (Å²) in [6.07, 6.45) is 4.87. The van der Waals surface area contributed by atoms with E-state index in [0.717, 1.165) is 19.3 Å². The van der Waals surface area contributed by atoms with Crippen molar-refractivity contribution in [2.24, 2.45) is 5.92 Å². The maximum Gasteiger partial charge on any atom is 0.257 e. The normalized spacial score (nSPS) is 28.2. The summed E-state index contributed by atoms with van der Waals surface area (Å²) >= 11 is 1.51. The van der Waals surface area contributed by atoms with Crippen LogP contribution in [-0.2, 0) is 9.59 Å². The Morgan fingerprint density at radius 1 is 1.42 bits per heavy atom. The molecule has 6 heteroatoms. The molecule has 0 spiro atoms. The third kappa shape index (κ3) is 4.29. The van der Waals surface area contributed by atoms with E-state index in [1.165, 1.54) is 17.8 Å². The number of carbonyl (C=O) groups excluding carboxylic acids is 2. The fourth-order valence-electron chi connectivity index (χ4n) is 3.43. The van der Waals surface area contributed by atoms with Crippen molar-refractivity contribution in [2.75, 3.05) is 0 Å². The van der Waals surface area contributed by atoms with Crippen LogP contribution in [0.2, 0.25) is 0 Å². The first-order valence-corrected chi connectivity index (χ1v) is 10.1. The predicted octanol–water partition coefficient (Wildman–Crippen LogP) is 3.48. The summed E-state index contributed by atoms with van der Waals surface area (Å²) < 4.78 is 13.8. The summed E-state index contributed by atoms with van der Waals surface area (Å²) in [6.45, 7) is 4.05. The summed E-state index contributed by atoms with van der Waals surface area (Å²) in [6, 6.07) is 6.61. The minimum absolute atomic E-state index is 0.00768. The molecule has 1 heterocycles. The van der Waals surface area contributed by atoms with Gasteiger partial charge in [0.25, 0.3) is 5.91 Å². The number of rotatable bonds is 4. The van der Waals surface area contributed by atoms with Crippen molar-refractivity contribution in [3.8, 4) is 0 Å². The van der Waals surface area contributed by atoms with Crippen molar-refractivity contribution in [2.45, 2.75) is 56.9 Å². The van der Waals surface area contributed by atoms with Crippen LogP contribution < -0.4 is 10.6 Å². The van der Waals surface area contributed by atoms with Gasteiger partial charge in [-0.1, -0.05) is 25.1 Å². The molecule has 0 aromatic heterocycles. The van der Waals surface area contributed by atoms with Crippen molar-refractivity contribution in [3.63, 3.8) is 0 Å². The summed E-state index contributed by atoms with van der Waals surface area (Å²) in [4.78, 5) is 25.4. The van der Waals surface area contributed by atoms with E-state index in [1.807, 2.05) is 13.8 Å². The number of halogens is 1. The van der Waals surface area contributed by atoms with E-state index in [-0.39, 0.29) is 40.9 Å². The van der Waals surface area contributed by atoms with Crippen LogP contribution in [0.3, 0.4) is 0 Å². The van der Waals surface area contributed by atoms with E-state index in [1.54, 1.807) is 24.3 Å². The van der Waals surface area contributed by atoms with Crippen molar-refractivity contribution >= 4 is 29.7 Å². The third-order valence-electron chi connectivity index (χ3n) is 5.17. The molecule has 1 aromatic carbocycles. The molecule has 140 valence electrons. The van der Waals surface area contributed by atoms with Gasteiger partial charge in [0.05, 0.1) is 4.91 Å². The van der Waals surface area contributed by atoms with Gasteiger partial charge in [0, 0.05) is 28.8 Å². The molecule has 4 unspecified atom stereocenters. The quantitative estimate of drug-likeness (QED) is 0.791. The Bertz CT molecular complexity index is 722. The number of carbonyl (C=O) groups is 2. The summed E-state index contributed by atoms with van der Waals surface area (Å²) in [5.41, 5.74) is 0.421. The van der Waals surface area contributed by atoms with Gasteiger partial charge in [0.1, 0.15) is 5.82 Å². The van der Waals surface area contributed by atoms with Crippen molar-refractivity contribution in [1.82, 2.24) is 10.6 Å². The second kappa shape index (κ2) is 8.25. The van der Waals surface area contributed by atoms with Crippen LogP contribution in [0.4, 0.5) is 4.39 Å². The maximum absolute atomic E-state index is 13.8. The molecular formula is C20H25FN2O2S. The van der Waals surface area contributed by atoms with Gasteiger partial charge in [-0.3, -0.25) is 9.59 Å². The molecule has 4 atom stereocenters. The van der Waals surface area contributed by atoms with Crippen LogP contribution >= 0.6 is 11.8 Å². The highest BCUT2D eigenvalue weighted by Crippen LogP contribution is 2.40. The average molecular weight is 376 g/mol. The smallest absolute Gasteiger partial charge is 0.257 e. The van der Waals surface area contributed by atoms with Crippen molar-refractivity contribution < 1.29 is 14.0 Å². The Morgan fingerprint density at radius 3 is 2.92 bits per heavy atom. The van der Waals surface area contributed by atoms with Crippen LogP contribution in [0.1, 0.15) is 45.1 Å². The largest absolute Gasteiger partial charge is 0.353 e. The van der Waals surface area contributed by atoms with Gasteiger partial charge in [-0.05, 0) is 44.7 Å². The topological polar surface area (TPSA) is 58.2 Å². The molecule has 3 rings (SSSR count). The first-order valence-electron chi connectivity index (χ1n) is 9.22. The van der Waals surface area contributed by atoms with Gasteiger partial charge >= 0.3 is 0 Å². The lowest BCUT2D eigenvalue weighted by Gasteiger charge is -2.39. The van der Waals surface area contributed by atoms with Crippen LogP contribution in [0.5, 0.6) is 0 Å². The number of hydrogen-bond acceptors (Lipinski definition) is 3. The molecular weight excluding hydrogens is 351 g/mol. The molecule has 2 amide bonds. The molecule has 2 aliphatic rings. The Kier molecular flexibility index (Phi) is 6.01. The molecule has 2 N–H and O–H groups in total. The third-order valence-corrected chi connectivity index (χ3v) is 6.59. The fraction of sp³-hybridized carbons (Fsp3) is 0.500. The SMILES string of the molecule is CCC(C)NC(=O)C1CCC2S/C(=C/c3ccccc3F)C(=O)NC2C1. The molecule has 1 aromatic rings. The zero-order valence-corrected chi connectivity index (χ0v) is 15.9. The fourth-order valence-corrected chi connectivity index (χ4v) is 4.71. The molecule has 1 aliphatic carbocycles. The monoisotopic (exact) mass is 376 g/mol. The number of amides is 2. The number of benzene rings is 1. The van der Waals surface area contributed by atoms with Gasteiger partial charge in [-0.15, -0.1) is 11.8 Å². The van der Waals surface area contributed by atoms with Gasteiger partial charge < -0.3 is 10.6 Å². The number of hydrogen-bond donors (Lipinski definition) is 2. The minimum atomic E-state index is -0.332. The Morgan fingerprint density at radius 2 is 2.19 bits per heavy atom. The highest BCUT2D eigenvalue weighted by molar-refractivity contribution is 8.04. The highest BCUT2D eigenvalue weighted by atomic mass is 32.2. The minimum Gasteiger partial charge on any atom is -0.353 e. The summed E-state index contributed by atoms with van der Waals surface area (Å²) in [7, 11) is 0. The van der Waals surface area contributed by atoms with Crippen LogP contribution in [0.25, 0.3) is 6.08 Å². The van der Waals surface area contributed by atoms with Crippen molar-refractivity contribution in [3.05, 3.63) is 40.6 Å². The van der Waals surface area contributed by atoms with E-state index in [4.69, 9.17) is 0 Å². The zero-order chi connectivity index (χ0) is 18.7. The van der Waals surface area contributed by atoms with Crippen LogP contribution in [-0.4, -0.2) is 29.1 Å². The molecule has 1 aliphatic heterocycles. The average Bonchev–Trinajstić information content (AvgIpc) is 2.63. The van der Waals surface area contributed by atoms with Gasteiger partial charge in [-0.25, -0.2) is 4.39 Å². The van der Waals surface area contributed by atoms with E-state index < -0.39 is 0 Å². The first-order chi connectivity index (χ1) is 12.5. The van der Waals surface area contributed by atoms with Gasteiger partial charge in [0.2, 0.25) is 5.91 Å². The van der Waals surface area contributed by atoms with Gasteiger partial charge in [0.15, 0.2) is 0 Å². The molecule has 0 radical (unpaired) electrons. The Balaban J connectivity index is 1.66. The van der Waals surface area contributed by atoms with E-state index in [2.05, 4.69) is 10.6 Å². The van der Waals surface area contributed by atoms with E-state index in [9.17, 15) is 14.0 Å². The number of nitrogens with one attached hydrogen (secondary N) is 2. The second-order valence-corrected chi connectivity index (χ2v) is 8.38. The Hall–Kier alpha value is -1.82.